The lowest BCUT2D eigenvalue weighted by Crippen LogP contribution is -2.27. The summed E-state index contributed by atoms with van der Waals surface area (Å²) in [7, 11) is 1.26. The molecular formula is C36H24BN7O16. The minimum Gasteiger partial charge on any atom is -0.463 e. The van der Waals surface area contributed by atoms with Gasteiger partial charge in [0.25, 0.3) is 34.8 Å². The van der Waals surface area contributed by atoms with Gasteiger partial charge in [0, 0.05) is 39.8 Å². The predicted octanol–water partition coefficient (Wildman–Crippen LogP) is 4.31. The van der Waals surface area contributed by atoms with Crippen molar-refractivity contribution >= 4 is 65.5 Å². The average Bonchev–Trinajstić information content (AvgIpc) is 3.72. The Labute approximate surface area is 333 Å². The molecule has 2 aromatic heterocycles. The minimum absolute atomic E-state index is 0.0216. The molecule has 23 nitrogen and oxygen atoms in total. The summed E-state index contributed by atoms with van der Waals surface area (Å²) in [5.41, 5.74) is -4.37. The van der Waals surface area contributed by atoms with Crippen molar-refractivity contribution in [3.63, 3.8) is 0 Å². The number of nitrogens with zero attached hydrogens (tertiary/aromatic N) is 7. The fraction of sp³-hybridized carbons (Fsp3) is 0.167. The summed E-state index contributed by atoms with van der Waals surface area (Å²) in [5, 5.41) is 52.1. The molecule has 0 N–H and O–H groups in total. The molecule has 1 aliphatic heterocycles. The maximum atomic E-state index is 13.9. The van der Waals surface area contributed by atoms with E-state index in [2.05, 4.69) is 5.16 Å². The molecule has 1 aliphatic carbocycles. The number of esters is 1. The van der Waals surface area contributed by atoms with Gasteiger partial charge in [-0.2, -0.15) is 0 Å². The second-order valence-corrected chi connectivity index (χ2v) is 13.1. The van der Waals surface area contributed by atoms with Crippen molar-refractivity contribution in [3.8, 4) is 28.3 Å². The Balaban J connectivity index is 1.23. The van der Waals surface area contributed by atoms with Crippen LogP contribution >= 0.6 is 0 Å². The number of rotatable bonds is 14. The third-order valence-corrected chi connectivity index (χ3v) is 9.54. The summed E-state index contributed by atoms with van der Waals surface area (Å²) in [6.07, 6.45) is -1.10. The monoisotopic (exact) mass is 821 g/mol. The number of hydrogen-bond donors (Lipinski definition) is 0. The number of benzene rings is 3. The molecule has 302 valence electrons. The van der Waals surface area contributed by atoms with Crippen molar-refractivity contribution in [3.05, 3.63) is 133 Å². The highest BCUT2D eigenvalue weighted by molar-refractivity contribution is 6.55. The van der Waals surface area contributed by atoms with Crippen LogP contribution in [0.2, 0.25) is 0 Å². The van der Waals surface area contributed by atoms with Gasteiger partial charge in [0.1, 0.15) is 24.2 Å². The van der Waals surface area contributed by atoms with Crippen LogP contribution in [0.25, 0.3) is 33.4 Å². The predicted molar refractivity (Wildman–Crippen MR) is 205 cm³/mol. The molecule has 0 spiro atoms. The fourth-order valence-electron chi connectivity index (χ4n) is 7.13. The number of carbonyl (C=O) groups is 3. The van der Waals surface area contributed by atoms with E-state index in [0.717, 1.165) is 12.1 Å². The molecule has 2 aliphatic rings. The molecule has 5 aromatic rings. The molecule has 1 atom stereocenters. The zero-order valence-electron chi connectivity index (χ0n) is 30.8. The van der Waals surface area contributed by atoms with Crippen molar-refractivity contribution in [2.45, 2.75) is 32.6 Å². The zero-order chi connectivity index (χ0) is 43.2. The number of pyridine rings is 2. The number of hydrogen-bond acceptors (Lipinski definition) is 18. The number of aromatic nitrogens is 2. The number of carbonyl (C=O) groups excluding carboxylic acids is 3. The Morgan fingerprint density at radius 2 is 1.55 bits per heavy atom. The zero-order valence-corrected chi connectivity index (χ0v) is 30.8. The molecule has 0 fully saturated rings. The highest BCUT2D eigenvalue weighted by atomic mass is 16.7. The second kappa shape index (κ2) is 15.5. The van der Waals surface area contributed by atoms with Gasteiger partial charge in [0.15, 0.2) is 0 Å². The molecule has 0 radical (unpaired) electrons. The van der Waals surface area contributed by atoms with E-state index in [4.69, 9.17) is 24.0 Å². The Hall–Kier alpha value is -8.44. The number of nitro groups is 4. The van der Waals surface area contributed by atoms with Gasteiger partial charge in [-0.05, 0) is 36.8 Å². The summed E-state index contributed by atoms with van der Waals surface area (Å²) in [4.78, 5) is 104. The number of fused-ring (bicyclic) bond motifs is 7. The third kappa shape index (κ3) is 7.07. The second-order valence-electron chi connectivity index (χ2n) is 13.1. The van der Waals surface area contributed by atoms with Gasteiger partial charge in [-0.15, -0.1) is 0 Å². The first-order valence-electron chi connectivity index (χ1n) is 17.4. The van der Waals surface area contributed by atoms with Gasteiger partial charge in [-0.25, -0.2) is 9.78 Å². The first kappa shape index (κ1) is 39.8. The number of oxime groups is 1. The highest BCUT2D eigenvalue weighted by Crippen LogP contribution is 2.50. The smallest absolute Gasteiger partial charge is 0.347 e. The summed E-state index contributed by atoms with van der Waals surface area (Å²) < 4.78 is 17.2. The fourth-order valence-corrected chi connectivity index (χ4v) is 7.13. The summed E-state index contributed by atoms with van der Waals surface area (Å²) in [6, 6.07) is 10.9. The van der Waals surface area contributed by atoms with Crippen LogP contribution in [-0.4, -0.2) is 67.7 Å². The van der Waals surface area contributed by atoms with E-state index in [1.165, 1.54) is 12.4 Å². The van der Waals surface area contributed by atoms with Gasteiger partial charge >= 0.3 is 5.97 Å². The van der Waals surface area contributed by atoms with Crippen molar-refractivity contribution in [2.75, 3.05) is 6.61 Å². The van der Waals surface area contributed by atoms with E-state index in [1.807, 2.05) is 0 Å². The molecule has 24 heteroatoms. The van der Waals surface area contributed by atoms with Gasteiger partial charge in [-0.3, -0.25) is 54.8 Å². The Bertz CT molecular complexity index is 2790. The first-order chi connectivity index (χ1) is 28.6. The summed E-state index contributed by atoms with van der Waals surface area (Å²) >= 11 is 0. The lowest BCUT2D eigenvalue weighted by atomic mass is 10.0. The van der Waals surface area contributed by atoms with Crippen LogP contribution in [0.5, 0.6) is 5.75 Å². The lowest BCUT2D eigenvalue weighted by Gasteiger charge is -2.20. The van der Waals surface area contributed by atoms with Crippen LogP contribution in [0, 0.1) is 40.5 Å². The van der Waals surface area contributed by atoms with E-state index in [0.29, 0.717) is 45.7 Å². The van der Waals surface area contributed by atoms with Crippen LogP contribution in [0.3, 0.4) is 0 Å². The van der Waals surface area contributed by atoms with Crippen molar-refractivity contribution in [1.29, 1.82) is 0 Å². The molecule has 0 saturated heterocycles. The molecule has 3 aromatic carbocycles. The van der Waals surface area contributed by atoms with Crippen molar-refractivity contribution in [2.24, 2.45) is 5.16 Å². The SMILES string of the molecule is BC(=O)Oc1ccc2nc3c(cc2c1)Cn1c-3cc([C@H](CC)OC(=O)CON=C2c3cc([N+](=O)[O-])cc([N+](=O)[O-])c3-c3c2cc([N+](=O)[O-])cc3[N+](=O)[O-])c(COC=O)c1=O. The molecule has 0 bridgehead atoms. The van der Waals surface area contributed by atoms with E-state index >= 15 is 0 Å². The number of non-ortho nitro benzene ring substituents is 2. The first-order valence-corrected chi connectivity index (χ1v) is 17.4. The number of ether oxygens (including phenoxy) is 3. The van der Waals surface area contributed by atoms with E-state index in [9.17, 15) is 59.6 Å². The molecular weight excluding hydrogens is 797 g/mol. The summed E-state index contributed by atoms with van der Waals surface area (Å²) in [6.45, 7) is 0.336. The van der Waals surface area contributed by atoms with Gasteiger partial charge in [-0.1, -0.05) is 12.1 Å². The maximum Gasteiger partial charge on any atom is 0.347 e. The van der Waals surface area contributed by atoms with E-state index in [1.54, 1.807) is 37.3 Å². The van der Waals surface area contributed by atoms with Crippen molar-refractivity contribution < 1.29 is 53.1 Å². The number of nitro benzene ring substituents is 4. The largest absolute Gasteiger partial charge is 0.463 e. The van der Waals surface area contributed by atoms with Gasteiger partial charge in [0.2, 0.25) is 20.3 Å². The van der Waals surface area contributed by atoms with E-state index in [-0.39, 0.29) is 30.6 Å². The molecule has 0 saturated carbocycles. The molecule has 7 rings (SSSR count). The summed E-state index contributed by atoms with van der Waals surface area (Å²) in [5.74, 6) is -1.32. The minimum atomic E-state index is -1.17. The van der Waals surface area contributed by atoms with E-state index < -0.39 is 107 Å². The third-order valence-electron chi connectivity index (χ3n) is 9.54. The molecule has 3 heterocycles. The van der Waals surface area contributed by atoms with Crippen LogP contribution < -0.4 is 10.3 Å². The molecule has 60 heavy (non-hydrogen) atoms. The van der Waals surface area contributed by atoms with Crippen LogP contribution in [0.4, 0.5) is 27.5 Å². The Kier molecular flexibility index (Phi) is 10.3. The maximum absolute atomic E-state index is 13.9. The Morgan fingerprint density at radius 1 is 0.917 bits per heavy atom. The lowest BCUT2D eigenvalue weighted by molar-refractivity contribution is -0.395. The normalized spacial score (nSPS) is 12.3. The van der Waals surface area contributed by atoms with Gasteiger partial charge in [0.05, 0.1) is 72.0 Å². The van der Waals surface area contributed by atoms with Gasteiger partial charge < -0.3 is 23.6 Å². The topological polar surface area (TPSA) is 308 Å². The van der Waals surface area contributed by atoms with Crippen molar-refractivity contribution in [1.82, 2.24) is 9.55 Å². The average molecular weight is 821 g/mol. The van der Waals surface area contributed by atoms with Crippen LogP contribution in [0.1, 0.15) is 47.3 Å². The van der Waals surface area contributed by atoms with Crippen LogP contribution in [-0.2, 0) is 37.1 Å². The van der Waals surface area contributed by atoms with Crippen LogP contribution in [0.15, 0.2) is 64.5 Å². The Morgan fingerprint density at radius 3 is 2.10 bits per heavy atom. The quantitative estimate of drug-likeness (QED) is 0.0485. The molecule has 0 unspecified atom stereocenters. The standard InChI is InChI=1S/C36H24BN7O16/c1-2-29(21-11-28-33-17(12-40(28)35(47)24(21)13-57-15-45)5-16-6-20(59-36(37)48)3-4-25(16)38-33)60-30(46)14-58-39-34-22-7-18(41(49)50)9-26(43(53)54)31(22)32-23(34)8-19(42(51)52)10-27(32)44(55)56/h3-11,15,29H,2,12-14,37H2,1H3/t29-/m0/s1. The highest BCUT2D eigenvalue weighted by Gasteiger charge is 2.42. The molecule has 0 amide bonds.